The van der Waals surface area contributed by atoms with Gasteiger partial charge in [0.2, 0.25) is 9.84 Å². The van der Waals surface area contributed by atoms with Crippen molar-refractivity contribution in [2.75, 3.05) is 0 Å². The van der Waals surface area contributed by atoms with Gasteiger partial charge in [0, 0.05) is 11.0 Å². The Kier molecular flexibility index (Phi) is 6.99. The van der Waals surface area contributed by atoms with Crippen molar-refractivity contribution in [3.05, 3.63) is 78.1 Å². The Labute approximate surface area is 199 Å². The fraction of sp³-hybridized carbons (Fsp3) is 0.240. The Bertz CT molecular complexity index is 1340. The highest BCUT2D eigenvalue weighted by Gasteiger charge is 2.39. The number of hydrogen-bond acceptors (Lipinski definition) is 4. The van der Waals surface area contributed by atoms with E-state index in [-0.39, 0.29) is 21.8 Å². The summed E-state index contributed by atoms with van der Waals surface area (Å²) in [5.74, 6) is -2.28. The summed E-state index contributed by atoms with van der Waals surface area (Å²) in [4.78, 5) is 10.4. The molecular weight excluding hydrogens is 488 g/mol. The predicted octanol–water partition coefficient (Wildman–Crippen LogP) is 6.22. The molecule has 0 amide bonds. The van der Waals surface area contributed by atoms with Crippen molar-refractivity contribution in [3.63, 3.8) is 0 Å². The smallest absolute Gasteiger partial charge is 0.417 e. The molecule has 5 nitrogen and oxygen atoms in total. The van der Waals surface area contributed by atoms with Crippen LogP contribution in [0.4, 0.5) is 17.6 Å². The maximum absolute atomic E-state index is 14.1. The third kappa shape index (κ3) is 5.64. The van der Waals surface area contributed by atoms with Crippen LogP contribution in [0.3, 0.4) is 0 Å². The third-order valence-corrected chi connectivity index (χ3v) is 6.96. The van der Waals surface area contributed by atoms with E-state index in [1.165, 1.54) is 30.3 Å². The number of hydrogen-bond donors (Lipinski definition) is 1. The van der Waals surface area contributed by atoms with E-state index in [1.54, 1.807) is 20.8 Å². The number of alkyl halides is 3. The highest BCUT2D eigenvalue weighted by molar-refractivity contribution is 7.91. The maximum Gasteiger partial charge on any atom is 0.417 e. The zero-order chi connectivity index (χ0) is 26.2. The first kappa shape index (κ1) is 26.2. The summed E-state index contributed by atoms with van der Waals surface area (Å²) >= 11 is 0. The van der Waals surface area contributed by atoms with E-state index in [1.807, 2.05) is 0 Å². The zero-order valence-corrected chi connectivity index (χ0v) is 19.7. The molecule has 3 aromatic rings. The van der Waals surface area contributed by atoms with Crippen LogP contribution in [0.25, 0.3) is 11.1 Å². The van der Waals surface area contributed by atoms with Crippen molar-refractivity contribution in [1.29, 1.82) is 0 Å². The quantitative estimate of drug-likeness (QED) is 0.398. The van der Waals surface area contributed by atoms with E-state index in [9.17, 15) is 35.9 Å². The first-order chi connectivity index (χ1) is 16.1. The molecule has 186 valence electrons. The van der Waals surface area contributed by atoms with Gasteiger partial charge in [0.1, 0.15) is 11.6 Å². The highest BCUT2D eigenvalue weighted by atomic mass is 32.2. The number of rotatable bonds is 6. The van der Waals surface area contributed by atoms with Gasteiger partial charge in [0.25, 0.3) is 0 Å². The number of carboxylic acids is 1. The molecule has 0 aromatic heterocycles. The topological polar surface area (TPSA) is 80.7 Å². The van der Waals surface area contributed by atoms with Crippen molar-refractivity contribution >= 4 is 15.8 Å². The minimum absolute atomic E-state index is 0.158. The minimum atomic E-state index is -5.06. The van der Waals surface area contributed by atoms with Crippen LogP contribution < -0.4 is 4.74 Å². The van der Waals surface area contributed by atoms with Crippen LogP contribution in [0.2, 0.25) is 0 Å². The number of sulfone groups is 1. The molecule has 0 fully saturated rings. The van der Waals surface area contributed by atoms with Gasteiger partial charge in [-0.2, -0.15) is 13.2 Å². The number of carbonyl (C=O) groups is 1. The molecule has 0 radical (unpaired) electrons. The first-order valence-electron chi connectivity index (χ1n) is 10.3. The second-order valence-electron chi connectivity index (χ2n) is 8.87. The zero-order valence-electron chi connectivity index (χ0n) is 18.9. The van der Waals surface area contributed by atoms with Crippen LogP contribution in [0.1, 0.15) is 26.3 Å². The van der Waals surface area contributed by atoms with E-state index in [2.05, 4.69) is 0 Å². The van der Waals surface area contributed by atoms with Crippen molar-refractivity contribution in [2.45, 2.75) is 42.8 Å². The maximum atomic E-state index is 14.1. The van der Waals surface area contributed by atoms with Crippen LogP contribution in [-0.4, -0.2) is 25.6 Å². The molecule has 0 aliphatic carbocycles. The van der Waals surface area contributed by atoms with Crippen LogP contribution in [0.15, 0.2) is 76.5 Å². The second kappa shape index (κ2) is 9.33. The lowest BCUT2D eigenvalue weighted by Crippen LogP contribution is -2.39. The second-order valence-corrected chi connectivity index (χ2v) is 10.8. The van der Waals surface area contributed by atoms with Crippen molar-refractivity contribution in [2.24, 2.45) is 5.41 Å². The van der Waals surface area contributed by atoms with Gasteiger partial charge in [-0.25, -0.2) is 17.6 Å². The Morgan fingerprint density at radius 3 is 2.11 bits per heavy atom. The van der Waals surface area contributed by atoms with Crippen LogP contribution >= 0.6 is 0 Å². The monoisotopic (exact) mass is 510 g/mol. The number of benzene rings is 3. The molecule has 0 spiro atoms. The molecule has 1 unspecified atom stereocenters. The summed E-state index contributed by atoms with van der Waals surface area (Å²) in [5, 5.41) is 9.56. The number of ether oxygens (including phenoxy) is 1. The van der Waals surface area contributed by atoms with Gasteiger partial charge >= 0.3 is 12.1 Å². The lowest BCUT2D eigenvalue weighted by molar-refractivity contribution is -0.150. The molecule has 35 heavy (non-hydrogen) atoms. The van der Waals surface area contributed by atoms with E-state index in [0.717, 1.165) is 30.3 Å². The Hall–Kier alpha value is -3.40. The van der Waals surface area contributed by atoms with Gasteiger partial charge in [-0.05, 0) is 48.0 Å². The van der Waals surface area contributed by atoms with Crippen LogP contribution in [-0.2, 0) is 20.8 Å². The highest BCUT2D eigenvalue weighted by Crippen LogP contribution is 2.41. The standard InChI is InChI=1S/C25H22F4O5S/c1-24(2,3)22(23(30)31)34-20-11-10-16(26)14-18(20)15-9-12-21(19(13-15)25(27,28)29)35(32,33)17-7-5-4-6-8-17/h4-14,22H,1-3H3,(H,30,31). The van der Waals surface area contributed by atoms with Gasteiger partial charge in [-0.3, -0.25) is 0 Å². The molecule has 3 rings (SSSR count). The predicted molar refractivity (Wildman–Crippen MR) is 120 cm³/mol. The molecule has 0 aliphatic rings. The SMILES string of the molecule is CC(C)(C)C(Oc1ccc(F)cc1-c1ccc(S(=O)(=O)c2ccccc2)c(C(F)(F)F)c1)C(=O)O. The fourth-order valence-corrected chi connectivity index (χ4v) is 4.92. The van der Waals surface area contributed by atoms with Gasteiger partial charge < -0.3 is 9.84 Å². The summed E-state index contributed by atoms with van der Waals surface area (Å²) in [6, 6.07) is 12.2. The van der Waals surface area contributed by atoms with Crippen LogP contribution in [0, 0.1) is 11.2 Å². The largest absolute Gasteiger partial charge is 0.478 e. The van der Waals surface area contributed by atoms with Gasteiger partial charge in [0.05, 0.1) is 15.4 Å². The third-order valence-electron chi connectivity index (χ3n) is 5.14. The molecule has 0 heterocycles. The van der Waals surface area contributed by atoms with Gasteiger partial charge in [0.15, 0.2) is 6.10 Å². The summed E-state index contributed by atoms with van der Waals surface area (Å²) in [7, 11) is -4.52. The normalized spacial score (nSPS) is 13.3. The average Bonchev–Trinajstić information content (AvgIpc) is 2.76. The molecule has 0 bridgehead atoms. The number of aliphatic carboxylic acids is 1. The molecular formula is C25H22F4O5S. The lowest BCUT2D eigenvalue weighted by atomic mass is 9.89. The molecule has 3 aromatic carbocycles. The Morgan fingerprint density at radius 2 is 1.57 bits per heavy atom. The fourth-order valence-electron chi connectivity index (χ4n) is 3.44. The van der Waals surface area contributed by atoms with Crippen LogP contribution in [0.5, 0.6) is 5.75 Å². The number of carboxylic acid groups (broad SMARTS) is 1. The molecule has 0 aliphatic heterocycles. The van der Waals surface area contributed by atoms with E-state index < -0.39 is 49.8 Å². The summed E-state index contributed by atoms with van der Waals surface area (Å²) in [5.41, 5.74) is -2.70. The minimum Gasteiger partial charge on any atom is -0.478 e. The van der Waals surface area contributed by atoms with E-state index >= 15 is 0 Å². The number of halogens is 4. The molecule has 1 atom stereocenters. The molecule has 0 saturated heterocycles. The summed E-state index contributed by atoms with van der Waals surface area (Å²) in [6.45, 7) is 4.79. The first-order valence-corrected chi connectivity index (χ1v) is 11.8. The summed E-state index contributed by atoms with van der Waals surface area (Å²) in [6.07, 6.45) is -6.46. The molecule has 10 heteroatoms. The van der Waals surface area contributed by atoms with Crippen molar-refractivity contribution in [3.8, 4) is 16.9 Å². The molecule has 0 saturated carbocycles. The summed E-state index contributed by atoms with van der Waals surface area (Å²) < 4.78 is 87.6. The Morgan fingerprint density at radius 1 is 0.943 bits per heavy atom. The average molecular weight is 511 g/mol. The lowest BCUT2D eigenvalue weighted by Gasteiger charge is -2.28. The van der Waals surface area contributed by atoms with Gasteiger partial charge in [-0.1, -0.05) is 45.0 Å². The van der Waals surface area contributed by atoms with E-state index in [0.29, 0.717) is 6.07 Å². The van der Waals surface area contributed by atoms with Crippen molar-refractivity contribution in [1.82, 2.24) is 0 Å². The van der Waals surface area contributed by atoms with Crippen molar-refractivity contribution < 1.29 is 40.6 Å². The Balaban J connectivity index is 2.21. The van der Waals surface area contributed by atoms with E-state index in [4.69, 9.17) is 4.74 Å². The molecule has 1 N–H and O–H groups in total. The van der Waals surface area contributed by atoms with Gasteiger partial charge in [-0.15, -0.1) is 0 Å².